The van der Waals surface area contributed by atoms with Gasteiger partial charge in [-0.1, -0.05) is 0 Å². The molecule has 3 nitrogen and oxygen atoms in total. The summed E-state index contributed by atoms with van der Waals surface area (Å²) in [6.45, 7) is 0. The number of alkyl halides is 2. The van der Waals surface area contributed by atoms with Crippen molar-refractivity contribution in [3.8, 4) is 5.75 Å². The first-order chi connectivity index (χ1) is 6.43. The van der Waals surface area contributed by atoms with E-state index in [4.69, 9.17) is 16.7 Å². The Hall–Kier alpha value is -0.500. The van der Waals surface area contributed by atoms with Gasteiger partial charge in [-0.15, -0.1) is 0 Å². The van der Waals surface area contributed by atoms with E-state index in [2.05, 4.69) is 4.98 Å². The van der Waals surface area contributed by atoms with Crippen LogP contribution in [-0.4, -0.2) is 15.3 Å². The maximum absolute atomic E-state index is 12.3. The molecule has 0 atom stereocenters. The fourth-order valence-corrected chi connectivity index (χ4v) is 1.37. The molecule has 0 amide bonds. The summed E-state index contributed by atoms with van der Waals surface area (Å²) in [5, 5.41) is 8.03. The van der Waals surface area contributed by atoms with E-state index >= 15 is 0 Å². The highest BCUT2D eigenvalue weighted by atomic mass is 127. The molecular weight excluding hydrogens is 330 g/mol. The zero-order chi connectivity index (χ0) is 10.9. The van der Waals surface area contributed by atoms with Crippen LogP contribution in [-0.2, 0) is 0 Å². The Balaban J connectivity index is 3.39. The maximum atomic E-state index is 12.3. The quantitative estimate of drug-likeness (QED) is 0.514. The van der Waals surface area contributed by atoms with Crippen LogP contribution in [0.2, 0.25) is 0 Å². The molecule has 0 aliphatic heterocycles. The average molecular weight is 333 g/mol. The Morgan fingerprint density at radius 2 is 2.21 bits per heavy atom. The Bertz CT molecular complexity index is 386. The summed E-state index contributed by atoms with van der Waals surface area (Å²) in [5.41, 5.74) is -1.19. The van der Waals surface area contributed by atoms with Crippen molar-refractivity contribution in [3.63, 3.8) is 0 Å². The van der Waals surface area contributed by atoms with E-state index in [1.165, 1.54) is 0 Å². The number of carbonyl (C=O) groups excluding carboxylic acids is 1. The van der Waals surface area contributed by atoms with Crippen LogP contribution in [0.25, 0.3) is 0 Å². The van der Waals surface area contributed by atoms with Crippen molar-refractivity contribution in [1.82, 2.24) is 4.98 Å². The minimum absolute atomic E-state index is 0.0519. The highest BCUT2D eigenvalue weighted by molar-refractivity contribution is 14.1. The SMILES string of the molecule is O=C(Cl)c1nc(I)c(O)cc1C(F)F. The van der Waals surface area contributed by atoms with Gasteiger partial charge in [-0.3, -0.25) is 4.79 Å². The molecule has 76 valence electrons. The van der Waals surface area contributed by atoms with Gasteiger partial charge in [-0.25, -0.2) is 13.8 Å². The number of halogens is 4. The first-order valence-electron chi connectivity index (χ1n) is 3.31. The van der Waals surface area contributed by atoms with E-state index in [0.29, 0.717) is 0 Å². The summed E-state index contributed by atoms with van der Waals surface area (Å²) in [5.74, 6) is -0.400. The first kappa shape index (κ1) is 11.6. The third-order valence-electron chi connectivity index (χ3n) is 1.41. The van der Waals surface area contributed by atoms with Crippen molar-refractivity contribution in [1.29, 1.82) is 0 Å². The van der Waals surface area contributed by atoms with E-state index in [1.807, 2.05) is 0 Å². The van der Waals surface area contributed by atoms with E-state index < -0.39 is 28.7 Å². The highest BCUT2D eigenvalue weighted by Gasteiger charge is 2.21. The molecule has 0 fully saturated rings. The molecule has 0 unspecified atom stereocenters. The highest BCUT2D eigenvalue weighted by Crippen LogP contribution is 2.28. The van der Waals surface area contributed by atoms with E-state index in [9.17, 15) is 13.6 Å². The molecule has 7 heteroatoms. The topological polar surface area (TPSA) is 50.2 Å². The standard InChI is InChI=1S/C7H3ClF2INO2/c8-5(14)4-2(6(9)10)1-3(13)7(11)12-4/h1,6,13H. The second-order valence-electron chi connectivity index (χ2n) is 2.31. The van der Waals surface area contributed by atoms with Gasteiger partial charge in [0.05, 0.1) is 5.56 Å². The Kier molecular flexibility index (Phi) is 3.59. The van der Waals surface area contributed by atoms with Crippen LogP contribution >= 0.6 is 34.2 Å². The van der Waals surface area contributed by atoms with Crippen molar-refractivity contribution >= 4 is 39.4 Å². The molecular formula is C7H3ClF2INO2. The molecule has 1 aromatic rings. The summed E-state index contributed by atoms with van der Waals surface area (Å²) in [4.78, 5) is 14.2. The van der Waals surface area contributed by atoms with Gasteiger partial charge in [0.25, 0.3) is 11.7 Å². The summed E-state index contributed by atoms with van der Waals surface area (Å²) in [6, 6.07) is 0.787. The number of aromatic hydroxyl groups is 1. The third-order valence-corrected chi connectivity index (χ3v) is 2.38. The van der Waals surface area contributed by atoms with Crippen LogP contribution in [0.5, 0.6) is 5.75 Å². The Morgan fingerprint density at radius 1 is 1.64 bits per heavy atom. The Labute approximate surface area is 96.2 Å². The van der Waals surface area contributed by atoms with E-state index in [-0.39, 0.29) is 3.70 Å². The minimum atomic E-state index is -2.90. The second-order valence-corrected chi connectivity index (χ2v) is 3.68. The molecule has 0 aliphatic carbocycles. The molecule has 0 aromatic carbocycles. The predicted molar refractivity (Wildman–Crippen MR) is 53.8 cm³/mol. The fourth-order valence-electron chi connectivity index (χ4n) is 0.819. The lowest BCUT2D eigenvalue weighted by atomic mass is 10.2. The van der Waals surface area contributed by atoms with Gasteiger partial charge in [0, 0.05) is 0 Å². The summed E-state index contributed by atoms with van der Waals surface area (Å²) in [7, 11) is 0. The molecule has 0 bridgehead atoms. The maximum Gasteiger partial charge on any atom is 0.271 e. The normalized spacial score (nSPS) is 10.6. The summed E-state index contributed by atoms with van der Waals surface area (Å²) >= 11 is 6.66. The molecule has 0 saturated heterocycles. The monoisotopic (exact) mass is 333 g/mol. The van der Waals surface area contributed by atoms with Crippen molar-refractivity contribution in [2.75, 3.05) is 0 Å². The van der Waals surface area contributed by atoms with Crippen molar-refractivity contribution in [2.24, 2.45) is 0 Å². The lowest BCUT2D eigenvalue weighted by Gasteiger charge is -2.05. The Morgan fingerprint density at radius 3 is 2.64 bits per heavy atom. The number of rotatable bonds is 2. The second kappa shape index (κ2) is 4.35. The van der Waals surface area contributed by atoms with Crippen LogP contribution in [0, 0.1) is 3.70 Å². The first-order valence-corrected chi connectivity index (χ1v) is 4.76. The van der Waals surface area contributed by atoms with Crippen LogP contribution in [0.4, 0.5) is 8.78 Å². The third kappa shape index (κ3) is 2.30. The van der Waals surface area contributed by atoms with Gasteiger partial charge in [-0.2, -0.15) is 0 Å². The lowest BCUT2D eigenvalue weighted by Crippen LogP contribution is -2.03. The van der Waals surface area contributed by atoms with Crippen LogP contribution in [0.1, 0.15) is 22.5 Å². The lowest BCUT2D eigenvalue weighted by molar-refractivity contribution is 0.106. The molecule has 0 aliphatic rings. The molecule has 0 saturated carbocycles. The van der Waals surface area contributed by atoms with Gasteiger partial charge in [0.15, 0.2) is 0 Å². The number of carbonyl (C=O) groups is 1. The molecule has 1 aromatic heterocycles. The van der Waals surface area contributed by atoms with Gasteiger partial charge < -0.3 is 5.11 Å². The van der Waals surface area contributed by atoms with Crippen molar-refractivity contribution < 1.29 is 18.7 Å². The van der Waals surface area contributed by atoms with Crippen LogP contribution in [0.3, 0.4) is 0 Å². The number of aromatic nitrogens is 1. The fraction of sp³-hybridized carbons (Fsp3) is 0.143. The van der Waals surface area contributed by atoms with Crippen molar-refractivity contribution in [3.05, 3.63) is 21.0 Å². The van der Waals surface area contributed by atoms with Crippen LogP contribution in [0.15, 0.2) is 6.07 Å². The van der Waals surface area contributed by atoms with E-state index in [1.54, 1.807) is 22.6 Å². The van der Waals surface area contributed by atoms with Crippen molar-refractivity contribution in [2.45, 2.75) is 6.43 Å². The summed E-state index contributed by atoms with van der Waals surface area (Å²) in [6.07, 6.45) is -2.90. The predicted octanol–water partition coefficient (Wildman–Crippen LogP) is 2.71. The molecule has 14 heavy (non-hydrogen) atoms. The number of hydrogen-bond acceptors (Lipinski definition) is 3. The molecule has 0 spiro atoms. The number of nitrogens with zero attached hydrogens (tertiary/aromatic N) is 1. The van der Waals surface area contributed by atoms with Gasteiger partial charge in [-0.05, 0) is 40.3 Å². The molecule has 0 radical (unpaired) electrons. The van der Waals surface area contributed by atoms with E-state index in [0.717, 1.165) is 6.07 Å². The summed E-state index contributed by atoms with van der Waals surface area (Å²) < 4.78 is 24.7. The number of hydrogen-bond donors (Lipinski definition) is 1. The smallest absolute Gasteiger partial charge is 0.271 e. The minimum Gasteiger partial charge on any atom is -0.505 e. The molecule has 1 rings (SSSR count). The van der Waals surface area contributed by atoms with Gasteiger partial charge in [0.2, 0.25) is 0 Å². The largest absolute Gasteiger partial charge is 0.505 e. The molecule has 1 N–H and O–H groups in total. The number of pyridine rings is 1. The zero-order valence-electron chi connectivity index (χ0n) is 6.47. The van der Waals surface area contributed by atoms with Gasteiger partial charge >= 0.3 is 0 Å². The van der Waals surface area contributed by atoms with Gasteiger partial charge in [0.1, 0.15) is 15.1 Å². The zero-order valence-corrected chi connectivity index (χ0v) is 9.38. The molecule has 1 heterocycles. The average Bonchev–Trinajstić information content (AvgIpc) is 2.08. The van der Waals surface area contributed by atoms with Crippen LogP contribution < -0.4 is 0 Å².